The Morgan fingerprint density at radius 2 is 1.76 bits per heavy atom. The van der Waals surface area contributed by atoms with Crippen LogP contribution < -0.4 is 10.6 Å². The van der Waals surface area contributed by atoms with E-state index in [1.165, 1.54) is 6.07 Å². The van der Waals surface area contributed by atoms with Crippen LogP contribution in [0.1, 0.15) is 33.6 Å². The Hall–Kier alpha value is -1.56. The Morgan fingerprint density at radius 3 is 2.33 bits per heavy atom. The Labute approximate surface area is 127 Å². The van der Waals surface area contributed by atoms with Crippen molar-refractivity contribution < 1.29 is 13.2 Å². The average molecular weight is 312 g/mol. The highest BCUT2D eigenvalue weighted by Crippen LogP contribution is 2.20. The third-order valence-electron chi connectivity index (χ3n) is 3.09. The van der Waals surface area contributed by atoms with Crippen LogP contribution in [0.15, 0.2) is 29.2 Å². The number of carbonyl (C=O) groups excluding carboxylic acids is 1. The molecule has 0 heterocycles. The van der Waals surface area contributed by atoms with E-state index in [2.05, 4.69) is 24.5 Å². The third-order valence-corrected chi connectivity index (χ3v) is 4.24. The maximum atomic E-state index is 11.9. The molecule has 1 aromatic rings. The van der Waals surface area contributed by atoms with Crippen molar-refractivity contribution in [3.8, 4) is 0 Å². The first-order valence-corrected chi connectivity index (χ1v) is 8.96. The number of rotatable bonds is 6. The van der Waals surface area contributed by atoms with Crippen LogP contribution in [0.2, 0.25) is 0 Å². The number of carbonyl (C=O) groups is 1. The second-order valence-electron chi connectivity index (χ2n) is 5.74. The molecule has 1 atom stereocenters. The number of sulfone groups is 1. The molecule has 6 heteroatoms. The summed E-state index contributed by atoms with van der Waals surface area (Å²) in [5.41, 5.74) is 0.300. The molecule has 1 rings (SSSR count). The fourth-order valence-electron chi connectivity index (χ4n) is 1.93. The predicted molar refractivity (Wildman–Crippen MR) is 85.2 cm³/mol. The Bertz CT molecular complexity index is 582. The molecule has 0 spiro atoms. The van der Waals surface area contributed by atoms with Crippen molar-refractivity contribution in [1.82, 2.24) is 5.32 Å². The van der Waals surface area contributed by atoms with Crippen molar-refractivity contribution in [3.05, 3.63) is 24.3 Å². The van der Waals surface area contributed by atoms with E-state index < -0.39 is 9.84 Å². The monoisotopic (exact) mass is 312 g/mol. The molecule has 2 amide bonds. The zero-order valence-electron chi connectivity index (χ0n) is 13.0. The van der Waals surface area contributed by atoms with Gasteiger partial charge >= 0.3 is 6.03 Å². The lowest BCUT2D eigenvalue weighted by Crippen LogP contribution is -2.36. The number of amides is 2. The lowest BCUT2D eigenvalue weighted by Gasteiger charge is -2.16. The van der Waals surface area contributed by atoms with Crippen molar-refractivity contribution >= 4 is 21.6 Å². The second-order valence-corrected chi connectivity index (χ2v) is 7.72. The van der Waals surface area contributed by atoms with Crippen LogP contribution in [-0.4, -0.2) is 26.7 Å². The highest BCUT2D eigenvalue weighted by atomic mass is 32.2. The number of nitrogens with one attached hydrogen (secondary N) is 2. The molecule has 21 heavy (non-hydrogen) atoms. The second kappa shape index (κ2) is 7.45. The van der Waals surface area contributed by atoms with Crippen molar-refractivity contribution in [1.29, 1.82) is 0 Å². The third kappa shape index (κ3) is 6.16. The van der Waals surface area contributed by atoms with Gasteiger partial charge in [0.2, 0.25) is 0 Å². The van der Waals surface area contributed by atoms with Crippen molar-refractivity contribution in [2.45, 2.75) is 44.6 Å². The van der Waals surface area contributed by atoms with E-state index in [1.54, 1.807) is 18.2 Å². The molecule has 0 aliphatic heterocycles. The van der Waals surface area contributed by atoms with Gasteiger partial charge in [-0.2, -0.15) is 0 Å². The first-order chi connectivity index (χ1) is 9.70. The van der Waals surface area contributed by atoms with Crippen LogP contribution in [0.4, 0.5) is 10.5 Å². The van der Waals surface area contributed by atoms with E-state index in [0.29, 0.717) is 11.6 Å². The quantitative estimate of drug-likeness (QED) is 0.847. The number of benzene rings is 1. The van der Waals surface area contributed by atoms with E-state index >= 15 is 0 Å². The molecule has 1 unspecified atom stereocenters. The summed E-state index contributed by atoms with van der Waals surface area (Å²) in [6.07, 6.45) is 3.04. The summed E-state index contributed by atoms with van der Waals surface area (Å²) in [5.74, 6) is 0.586. The molecule has 5 nitrogen and oxygen atoms in total. The zero-order valence-corrected chi connectivity index (χ0v) is 13.8. The minimum absolute atomic E-state index is 0.0396. The molecule has 0 aromatic heterocycles. The lowest BCUT2D eigenvalue weighted by molar-refractivity contribution is 0.248. The van der Waals surface area contributed by atoms with Crippen LogP contribution in [0.5, 0.6) is 0 Å². The Morgan fingerprint density at radius 1 is 1.14 bits per heavy atom. The van der Waals surface area contributed by atoms with Crippen molar-refractivity contribution in [2.24, 2.45) is 5.92 Å². The lowest BCUT2D eigenvalue weighted by atomic mass is 10.0. The topological polar surface area (TPSA) is 75.3 Å². The normalized spacial score (nSPS) is 13.0. The van der Waals surface area contributed by atoms with E-state index in [9.17, 15) is 13.2 Å². The Balaban J connectivity index is 2.68. The maximum Gasteiger partial charge on any atom is 0.319 e. The van der Waals surface area contributed by atoms with Gasteiger partial charge in [0.15, 0.2) is 9.84 Å². The minimum atomic E-state index is -3.37. The summed E-state index contributed by atoms with van der Waals surface area (Å²) in [7, 11) is -3.37. The summed E-state index contributed by atoms with van der Waals surface area (Å²) in [6.45, 7) is 6.20. The molecule has 0 bridgehead atoms. The summed E-state index contributed by atoms with van der Waals surface area (Å²) in [4.78, 5) is 12.1. The maximum absolute atomic E-state index is 11.9. The number of hydrogen-bond donors (Lipinski definition) is 2. The number of hydrogen-bond acceptors (Lipinski definition) is 3. The van der Waals surface area contributed by atoms with Gasteiger partial charge in [-0.15, -0.1) is 0 Å². The number of para-hydroxylation sites is 1. The van der Waals surface area contributed by atoms with Crippen molar-refractivity contribution in [2.75, 3.05) is 11.6 Å². The summed E-state index contributed by atoms with van der Waals surface area (Å²) in [5, 5.41) is 5.42. The van der Waals surface area contributed by atoms with E-state index in [0.717, 1.165) is 19.1 Å². The fraction of sp³-hybridized carbons (Fsp3) is 0.533. The average Bonchev–Trinajstić information content (AvgIpc) is 2.35. The SMILES string of the molecule is CC(C)CCC(C)NC(=O)Nc1ccccc1S(C)(=O)=O. The van der Waals surface area contributed by atoms with Gasteiger partial charge < -0.3 is 10.6 Å². The molecular weight excluding hydrogens is 288 g/mol. The van der Waals surface area contributed by atoms with Gasteiger partial charge in [0.25, 0.3) is 0 Å². The van der Waals surface area contributed by atoms with Crippen LogP contribution >= 0.6 is 0 Å². The Kier molecular flexibility index (Phi) is 6.20. The number of anilines is 1. The van der Waals surface area contributed by atoms with E-state index in [1.807, 2.05) is 6.92 Å². The molecule has 0 saturated heterocycles. The first-order valence-electron chi connectivity index (χ1n) is 7.06. The van der Waals surface area contributed by atoms with Crippen LogP contribution in [0.3, 0.4) is 0 Å². The van der Waals surface area contributed by atoms with Gasteiger partial charge in [0.05, 0.1) is 10.6 Å². The van der Waals surface area contributed by atoms with Crippen molar-refractivity contribution in [3.63, 3.8) is 0 Å². The summed E-state index contributed by atoms with van der Waals surface area (Å²) >= 11 is 0. The summed E-state index contributed by atoms with van der Waals surface area (Å²) in [6, 6.07) is 6.03. The molecule has 0 fully saturated rings. The highest BCUT2D eigenvalue weighted by Gasteiger charge is 2.15. The van der Waals surface area contributed by atoms with Gasteiger partial charge in [0.1, 0.15) is 0 Å². The van der Waals surface area contributed by atoms with Gasteiger partial charge in [-0.25, -0.2) is 13.2 Å². The first kappa shape index (κ1) is 17.5. The minimum Gasteiger partial charge on any atom is -0.335 e. The molecule has 1 aromatic carbocycles. The molecule has 0 radical (unpaired) electrons. The number of urea groups is 1. The molecule has 0 saturated carbocycles. The van der Waals surface area contributed by atoms with Crippen LogP contribution in [0, 0.1) is 5.92 Å². The van der Waals surface area contributed by atoms with Crippen LogP contribution in [0.25, 0.3) is 0 Å². The van der Waals surface area contributed by atoms with Gasteiger partial charge in [-0.05, 0) is 37.8 Å². The van der Waals surface area contributed by atoms with Gasteiger partial charge in [-0.3, -0.25) is 0 Å². The van der Waals surface area contributed by atoms with Crippen LogP contribution in [-0.2, 0) is 9.84 Å². The van der Waals surface area contributed by atoms with E-state index in [4.69, 9.17) is 0 Å². The molecule has 118 valence electrons. The molecule has 2 N–H and O–H groups in total. The molecule has 0 aliphatic rings. The predicted octanol–water partition coefficient (Wildman–Crippen LogP) is 3.04. The van der Waals surface area contributed by atoms with E-state index in [-0.39, 0.29) is 17.0 Å². The van der Waals surface area contributed by atoms with Gasteiger partial charge in [-0.1, -0.05) is 26.0 Å². The standard InChI is InChI=1S/C15H24N2O3S/c1-11(2)9-10-12(3)16-15(18)17-13-7-5-6-8-14(13)21(4,19)20/h5-8,11-12H,9-10H2,1-4H3,(H2,16,17,18). The smallest absolute Gasteiger partial charge is 0.319 e. The van der Waals surface area contributed by atoms with Gasteiger partial charge in [0, 0.05) is 12.3 Å². The zero-order chi connectivity index (χ0) is 16.0. The molecule has 0 aliphatic carbocycles. The highest BCUT2D eigenvalue weighted by molar-refractivity contribution is 7.90. The molecular formula is C15H24N2O3S. The fourth-order valence-corrected chi connectivity index (χ4v) is 2.78. The summed E-state index contributed by atoms with van der Waals surface area (Å²) < 4.78 is 23.3. The largest absolute Gasteiger partial charge is 0.335 e.